The minimum atomic E-state index is -0.0995. The number of aliphatic hydroxyl groups is 1. The van der Waals surface area contributed by atoms with Gasteiger partial charge < -0.3 is 10.8 Å². The lowest BCUT2D eigenvalue weighted by molar-refractivity contribution is -0.0930. The van der Waals surface area contributed by atoms with Crippen molar-refractivity contribution >= 4 is 0 Å². The Morgan fingerprint density at radius 2 is 1.53 bits per heavy atom. The van der Waals surface area contributed by atoms with E-state index < -0.39 is 0 Å². The molecule has 5 fully saturated rings. The minimum Gasteiger partial charge on any atom is -0.393 e. The molecule has 0 amide bonds. The highest BCUT2D eigenvalue weighted by molar-refractivity contribution is 5.05. The average Bonchev–Trinajstić information content (AvgIpc) is 2.93. The predicted octanol–water partition coefficient (Wildman–Crippen LogP) is 2.30. The predicted molar refractivity (Wildman–Crippen MR) is 67.3 cm³/mol. The number of hydrogen-bond acceptors (Lipinski definition) is 2. The Bertz CT molecular complexity index is 295. The average molecular weight is 235 g/mol. The number of hydrogen-bond donors (Lipinski definition) is 2. The van der Waals surface area contributed by atoms with Crippen LogP contribution in [0.15, 0.2) is 0 Å². The molecule has 1 unspecified atom stereocenters. The van der Waals surface area contributed by atoms with Crippen LogP contribution in [-0.4, -0.2) is 16.7 Å². The summed E-state index contributed by atoms with van der Waals surface area (Å²) in [6.07, 6.45) is 10.2. The van der Waals surface area contributed by atoms with Crippen LogP contribution in [0.1, 0.15) is 51.4 Å². The standard InChI is InChI=1S/C15H25NO/c16-15(1-2-15)8-13(17)14-11-4-9-3-10(6-11)7-12(14)5-9/h9-14,17H,1-8,16H2. The van der Waals surface area contributed by atoms with Gasteiger partial charge in [-0.05, 0) is 81.0 Å². The van der Waals surface area contributed by atoms with Crippen LogP contribution in [0.4, 0.5) is 0 Å². The SMILES string of the molecule is NC1(CC(O)C2C3CC4CC(C3)CC2C4)CC1. The highest BCUT2D eigenvalue weighted by Gasteiger charge is 2.52. The molecule has 3 N–H and O–H groups in total. The van der Waals surface area contributed by atoms with Crippen LogP contribution in [0, 0.1) is 29.6 Å². The summed E-state index contributed by atoms with van der Waals surface area (Å²) >= 11 is 0. The first-order chi connectivity index (χ1) is 8.13. The molecular weight excluding hydrogens is 210 g/mol. The van der Waals surface area contributed by atoms with E-state index in [0.717, 1.165) is 42.9 Å². The van der Waals surface area contributed by atoms with Crippen molar-refractivity contribution in [1.82, 2.24) is 0 Å². The van der Waals surface area contributed by atoms with Crippen molar-refractivity contribution in [3.05, 3.63) is 0 Å². The molecule has 0 aromatic rings. The van der Waals surface area contributed by atoms with Gasteiger partial charge in [-0.2, -0.15) is 0 Å². The fourth-order valence-electron chi connectivity index (χ4n) is 5.51. The van der Waals surface area contributed by atoms with Gasteiger partial charge in [0, 0.05) is 5.54 Å². The van der Waals surface area contributed by atoms with Crippen molar-refractivity contribution in [2.75, 3.05) is 0 Å². The Kier molecular flexibility index (Phi) is 2.21. The van der Waals surface area contributed by atoms with Gasteiger partial charge in [0.05, 0.1) is 6.10 Å². The zero-order chi connectivity index (χ0) is 11.6. The Labute approximate surface area is 104 Å². The van der Waals surface area contributed by atoms with E-state index in [9.17, 15) is 5.11 Å². The molecule has 5 aliphatic carbocycles. The molecule has 0 heterocycles. The van der Waals surface area contributed by atoms with Crippen molar-refractivity contribution in [1.29, 1.82) is 0 Å². The first-order valence-corrected chi connectivity index (χ1v) is 7.60. The first-order valence-electron chi connectivity index (χ1n) is 7.60. The second kappa shape index (κ2) is 3.48. The van der Waals surface area contributed by atoms with Gasteiger partial charge in [-0.3, -0.25) is 0 Å². The van der Waals surface area contributed by atoms with Gasteiger partial charge in [-0.15, -0.1) is 0 Å². The molecule has 5 saturated carbocycles. The van der Waals surface area contributed by atoms with E-state index in [1.165, 1.54) is 32.1 Å². The largest absolute Gasteiger partial charge is 0.393 e. The monoisotopic (exact) mass is 235 g/mol. The van der Waals surface area contributed by atoms with Gasteiger partial charge in [0.25, 0.3) is 0 Å². The molecule has 0 aromatic heterocycles. The summed E-state index contributed by atoms with van der Waals surface area (Å²) in [5.74, 6) is 4.29. The molecule has 5 rings (SSSR count). The van der Waals surface area contributed by atoms with Gasteiger partial charge in [-0.25, -0.2) is 0 Å². The van der Waals surface area contributed by atoms with Gasteiger partial charge in [-0.1, -0.05) is 0 Å². The topological polar surface area (TPSA) is 46.2 Å². The Morgan fingerprint density at radius 3 is 2.00 bits per heavy atom. The number of nitrogens with two attached hydrogens (primary N) is 1. The molecule has 5 aliphatic rings. The summed E-state index contributed by atoms with van der Waals surface area (Å²) in [5, 5.41) is 10.6. The molecule has 0 aliphatic heterocycles. The maximum Gasteiger partial charge on any atom is 0.0591 e. The highest BCUT2D eigenvalue weighted by Crippen LogP contribution is 2.58. The fraction of sp³-hybridized carbons (Fsp3) is 1.00. The summed E-state index contributed by atoms with van der Waals surface area (Å²) in [4.78, 5) is 0. The number of aliphatic hydroxyl groups excluding tert-OH is 1. The van der Waals surface area contributed by atoms with E-state index in [1.54, 1.807) is 0 Å². The van der Waals surface area contributed by atoms with E-state index in [1.807, 2.05) is 0 Å². The molecule has 0 radical (unpaired) electrons. The second-order valence-corrected chi connectivity index (χ2v) is 7.64. The minimum absolute atomic E-state index is 0.0219. The fourth-order valence-corrected chi connectivity index (χ4v) is 5.51. The maximum atomic E-state index is 10.6. The molecule has 17 heavy (non-hydrogen) atoms. The summed E-state index contributed by atoms with van der Waals surface area (Å²) in [5.41, 5.74) is 6.20. The number of rotatable bonds is 3. The molecule has 0 spiro atoms. The Hall–Kier alpha value is -0.0800. The summed E-state index contributed by atoms with van der Waals surface area (Å²) in [6, 6.07) is 0. The molecule has 96 valence electrons. The van der Waals surface area contributed by atoms with Crippen LogP contribution in [0.5, 0.6) is 0 Å². The summed E-state index contributed by atoms with van der Waals surface area (Å²) in [7, 11) is 0. The van der Waals surface area contributed by atoms with Crippen molar-refractivity contribution in [2.45, 2.75) is 63.0 Å². The molecule has 4 bridgehead atoms. The molecule has 0 saturated heterocycles. The lowest BCUT2D eigenvalue weighted by Crippen LogP contribution is -2.50. The smallest absolute Gasteiger partial charge is 0.0591 e. The van der Waals surface area contributed by atoms with Gasteiger partial charge >= 0.3 is 0 Å². The van der Waals surface area contributed by atoms with E-state index in [0.29, 0.717) is 5.92 Å². The van der Waals surface area contributed by atoms with Crippen molar-refractivity contribution in [3.8, 4) is 0 Å². The van der Waals surface area contributed by atoms with Crippen molar-refractivity contribution in [2.24, 2.45) is 35.3 Å². The third-order valence-electron chi connectivity index (χ3n) is 6.25. The maximum absolute atomic E-state index is 10.6. The third-order valence-corrected chi connectivity index (χ3v) is 6.25. The summed E-state index contributed by atoms with van der Waals surface area (Å²) in [6.45, 7) is 0. The van der Waals surface area contributed by atoms with Crippen LogP contribution in [-0.2, 0) is 0 Å². The highest BCUT2D eigenvalue weighted by atomic mass is 16.3. The van der Waals surface area contributed by atoms with Crippen LogP contribution in [0.25, 0.3) is 0 Å². The zero-order valence-corrected chi connectivity index (χ0v) is 10.6. The van der Waals surface area contributed by atoms with Gasteiger partial charge in [0.1, 0.15) is 0 Å². The lowest BCUT2D eigenvalue weighted by Gasteiger charge is -2.55. The zero-order valence-electron chi connectivity index (χ0n) is 10.6. The quantitative estimate of drug-likeness (QED) is 0.788. The van der Waals surface area contributed by atoms with E-state index >= 15 is 0 Å². The van der Waals surface area contributed by atoms with Crippen LogP contribution < -0.4 is 5.73 Å². The molecule has 1 atom stereocenters. The Morgan fingerprint density at radius 1 is 1.00 bits per heavy atom. The lowest BCUT2D eigenvalue weighted by atomic mass is 9.50. The molecular formula is C15H25NO. The van der Waals surface area contributed by atoms with Gasteiger partial charge in [0.15, 0.2) is 0 Å². The van der Waals surface area contributed by atoms with E-state index in [-0.39, 0.29) is 11.6 Å². The van der Waals surface area contributed by atoms with E-state index in [2.05, 4.69) is 0 Å². The molecule has 0 aromatic carbocycles. The van der Waals surface area contributed by atoms with E-state index in [4.69, 9.17) is 5.73 Å². The molecule has 2 nitrogen and oxygen atoms in total. The second-order valence-electron chi connectivity index (χ2n) is 7.64. The van der Waals surface area contributed by atoms with Crippen LogP contribution >= 0.6 is 0 Å². The summed E-state index contributed by atoms with van der Waals surface area (Å²) < 4.78 is 0. The third kappa shape index (κ3) is 1.76. The molecule has 2 heteroatoms. The Balaban J connectivity index is 1.50. The van der Waals surface area contributed by atoms with Crippen molar-refractivity contribution in [3.63, 3.8) is 0 Å². The van der Waals surface area contributed by atoms with Crippen LogP contribution in [0.2, 0.25) is 0 Å². The van der Waals surface area contributed by atoms with Crippen molar-refractivity contribution < 1.29 is 5.11 Å². The van der Waals surface area contributed by atoms with Crippen LogP contribution in [0.3, 0.4) is 0 Å². The van der Waals surface area contributed by atoms with Gasteiger partial charge in [0.2, 0.25) is 0 Å². The normalized spacial score (nSPS) is 51.5. The first kappa shape index (κ1) is 10.8.